The number of nitrogens with zero attached hydrogens (tertiary/aromatic N) is 3. The summed E-state index contributed by atoms with van der Waals surface area (Å²) < 4.78 is 11.3. The molecule has 7 heteroatoms. The molecule has 7 nitrogen and oxygen atoms in total. The SMILES string of the molecule is CCOC1CC1C(=O)N(C)CC(O)CN(C)Cc1nc2c(o1)CCCC2. The molecule has 1 heterocycles. The van der Waals surface area contributed by atoms with Gasteiger partial charge in [-0.1, -0.05) is 0 Å². The Balaban J connectivity index is 1.41. The number of hydrogen-bond donors (Lipinski definition) is 1. The first-order valence-corrected chi connectivity index (χ1v) is 9.68. The van der Waals surface area contributed by atoms with Crippen LogP contribution in [0.2, 0.25) is 0 Å². The average molecular weight is 365 g/mol. The number of aromatic nitrogens is 1. The largest absolute Gasteiger partial charge is 0.444 e. The van der Waals surface area contributed by atoms with Gasteiger partial charge in [-0.15, -0.1) is 0 Å². The molecule has 1 aromatic heterocycles. The Morgan fingerprint density at radius 3 is 2.85 bits per heavy atom. The fourth-order valence-corrected chi connectivity index (χ4v) is 3.71. The summed E-state index contributed by atoms with van der Waals surface area (Å²) in [4.78, 5) is 20.5. The van der Waals surface area contributed by atoms with Crippen molar-refractivity contribution >= 4 is 5.91 Å². The Hall–Kier alpha value is -1.44. The zero-order chi connectivity index (χ0) is 18.7. The molecule has 1 fully saturated rings. The number of carbonyl (C=O) groups is 1. The Morgan fingerprint density at radius 2 is 2.12 bits per heavy atom. The number of ether oxygens (including phenoxy) is 1. The van der Waals surface area contributed by atoms with Crippen LogP contribution in [0.25, 0.3) is 0 Å². The minimum atomic E-state index is -0.608. The molecule has 0 spiro atoms. The number of aliphatic hydroxyl groups is 1. The lowest BCUT2D eigenvalue weighted by atomic mass is 10.0. The number of oxazole rings is 1. The Kier molecular flexibility index (Phi) is 6.32. The van der Waals surface area contributed by atoms with Gasteiger partial charge < -0.3 is 19.2 Å². The van der Waals surface area contributed by atoms with E-state index in [1.165, 1.54) is 12.8 Å². The van der Waals surface area contributed by atoms with E-state index in [1.54, 1.807) is 11.9 Å². The van der Waals surface area contributed by atoms with Crippen LogP contribution in [-0.4, -0.2) is 71.8 Å². The topological polar surface area (TPSA) is 79.0 Å². The molecule has 1 amide bonds. The Morgan fingerprint density at radius 1 is 1.35 bits per heavy atom. The van der Waals surface area contributed by atoms with E-state index in [0.29, 0.717) is 32.1 Å². The molecule has 2 aliphatic carbocycles. The zero-order valence-electron chi connectivity index (χ0n) is 16.1. The molecule has 146 valence electrons. The fourth-order valence-electron chi connectivity index (χ4n) is 3.71. The fraction of sp³-hybridized carbons (Fsp3) is 0.789. The monoisotopic (exact) mass is 365 g/mol. The first kappa shape index (κ1) is 19.3. The molecule has 0 radical (unpaired) electrons. The molecule has 0 aliphatic heterocycles. The van der Waals surface area contributed by atoms with Crippen molar-refractivity contribution in [3.05, 3.63) is 17.3 Å². The minimum Gasteiger partial charge on any atom is -0.444 e. The van der Waals surface area contributed by atoms with E-state index >= 15 is 0 Å². The van der Waals surface area contributed by atoms with Crippen LogP contribution in [0, 0.1) is 5.92 Å². The van der Waals surface area contributed by atoms with E-state index in [0.717, 1.165) is 30.7 Å². The number of aryl methyl sites for hydroxylation is 2. The average Bonchev–Trinajstić information content (AvgIpc) is 3.23. The van der Waals surface area contributed by atoms with Gasteiger partial charge in [0.25, 0.3) is 0 Å². The van der Waals surface area contributed by atoms with Gasteiger partial charge in [0.2, 0.25) is 11.8 Å². The minimum absolute atomic E-state index is 0.0384. The standard InChI is InChI=1S/C19H31N3O4/c1-4-25-17-9-14(17)19(24)22(3)11-13(23)10-21(2)12-18-20-15-7-5-6-8-16(15)26-18/h13-14,17,23H,4-12H2,1-3H3. The van der Waals surface area contributed by atoms with E-state index < -0.39 is 6.10 Å². The van der Waals surface area contributed by atoms with E-state index in [-0.39, 0.29) is 17.9 Å². The van der Waals surface area contributed by atoms with Gasteiger partial charge in [-0.2, -0.15) is 0 Å². The summed E-state index contributed by atoms with van der Waals surface area (Å²) >= 11 is 0. The summed E-state index contributed by atoms with van der Waals surface area (Å²) in [6, 6.07) is 0. The lowest BCUT2D eigenvalue weighted by molar-refractivity contribution is -0.133. The number of fused-ring (bicyclic) bond motifs is 1. The smallest absolute Gasteiger partial charge is 0.228 e. The van der Waals surface area contributed by atoms with E-state index in [4.69, 9.17) is 9.15 Å². The second kappa shape index (κ2) is 8.50. The molecule has 3 rings (SSSR count). The third-order valence-electron chi connectivity index (χ3n) is 5.11. The maximum absolute atomic E-state index is 12.3. The summed E-state index contributed by atoms with van der Waals surface area (Å²) in [6.45, 7) is 3.92. The highest BCUT2D eigenvalue weighted by atomic mass is 16.5. The van der Waals surface area contributed by atoms with Crippen LogP contribution in [-0.2, 0) is 28.9 Å². The molecular weight excluding hydrogens is 334 g/mol. The van der Waals surface area contributed by atoms with Crippen molar-refractivity contribution in [2.75, 3.05) is 33.8 Å². The van der Waals surface area contributed by atoms with Crippen LogP contribution >= 0.6 is 0 Å². The number of carbonyl (C=O) groups excluding carboxylic acids is 1. The molecule has 2 aliphatic rings. The van der Waals surface area contributed by atoms with Gasteiger partial charge in [0.05, 0.1) is 30.4 Å². The van der Waals surface area contributed by atoms with Gasteiger partial charge in [-0.3, -0.25) is 9.69 Å². The van der Waals surface area contributed by atoms with Crippen molar-refractivity contribution in [2.45, 2.75) is 57.8 Å². The van der Waals surface area contributed by atoms with Gasteiger partial charge >= 0.3 is 0 Å². The molecule has 3 unspecified atom stereocenters. The zero-order valence-corrected chi connectivity index (χ0v) is 16.1. The van der Waals surface area contributed by atoms with Gasteiger partial charge in [-0.05, 0) is 39.7 Å². The maximum atomic E-state index is 12.3. The number of amides is 1. The molecule has 1 aromatic rings. The molecule has 1 saturated carbocycles. The summed E-state index contributed by atoms with van der Waals surface area (Å²) in [5.41, 5.74) is 1.10. The second-order valence-corrected chi connectivity index (χ2v) is 7.59. The van der Waals surface area contributed by atoms with Crippen molar-refractivity contribution in [3.63, 3.8) is 0 Å². The van der Waals surface area contributed by atoms with Crippen LogP contribution < -0.4 is 0 Å². The summed E-state index contributed by atoms with van der Waals surface area (Å²) in [5.74, 6) is 1.77. The second-order valence-electron chi connectivity index (χ2n) is 7.59. The van der Waals surface area contributed by atoms with Crippen molar-refractivity contribution in [2.24, 2.45) is 5.92 Å². The highest BCUT2D eigenvalue weighted by molar-refractivity contribution is 5.82. The van der Waals surface area contributed by atoms with Crippen LogP contribution in [0.5, 0.6) is 0 Å². The first-order chi connectivity index (χ1) is 12.5. The molecule has 0 saturated heterocycles. The first-order valence-electron chi connectivity index (χ1n) is 9.68. The molecule has 0 bridgehead atoms. The highest BCUT2D eigenvalue weighted by Gasteiger charge is 2.45. The van der Waals surface area contributed by atoms with Crippen molar-refractivity contribution in [1.82, 2.24) is 14.8 Å². The third kappa shape index (κ3) is 4.84. The van der Waals surface area contributed by atoms with Crippen molar-refractivity contribution in [1.29, 1.82) is 0 Å². The summed E-state index contributed by atoms with van der Waals surface area (Å²) in [7, 11) is 3.68. The molecule has 0 aromatic carbocycles. The van der Waals surface area contributed by atoms with E-state index in [9.17, 15) is 9.90 Å². The molecule has 26 heavy (non-hydrogen) atoms. The van der Waals surface area contributed by atoms with Crippen LogP contribution in [0.3, 0.4) is 0 Å². The van der Waals surface area contributed by atoms with Crippen LogP contribution in [0.4, 0.5) is 0 Å². The lowest BCUT2D eigenvalue weighted by Crippen LogP contribution is -2.40. The number of likely N-dealkylation sites (N-methyl/N-ethyl adjacent to an activating group) is 2. The van der Waals surface area contributed by atoms with E-state index in [1.807, 2.05) is 18.9 Å². The summed E-state index contributed by atoms with van der Waals surface area (Å²) in [6.07, 6.45) is 4.57. The maximum Gasteiger partial charge on any atom is 0.228 e. The lowest BCUT2D eigenvalue weighted by Gasteiger charge is -2.24. The molecular formula is C19H31N3O4. The predicted molar refractivity (Wildman–Crippen MR) is 96.6 cm³/mol. The van der Waals surface area contributed by atoms with Gasteiger partial charge in [0.15, 0.2) is 0 Å². The number of aliphatic hydroxyl groups excluding tert-OH is 1. The number of hydrogen-bond acceptors (Lipinski definition) is 6. The summed E-state index contributed by atoms with van der Waals surface area (Å²) in [5, 5.41) is 10.3. The Bertz CT molecular complexity index is 594. The highest BCUT2D eigenvalue weighted by Crippen LogP contribution is 2.35. The van der Waals surface area contributed by atoms with Crippen molar-refractivity contribution in [3.8, 4) is 0 Å². The molecule has 1 N–H and O–H groups in total. The molecule has 3 atom stereocenters. The van der Waals surface area contributed by atoms with Gasteiger partial charge in [0, 0.05) is 33.2 Å². The van der Waals surface area contributed by atoms with Gasteiger partial charge in [-0.25, -0.2) is 4.98 Å². The quantitative estimate of drug-likeness (QED) is 0.709. The number of rotatable bonds is 9. The normalized spacial score (nSPS) is 23.0. The third-order valence-corrected chi connectivity index (χ3v) is 5.11. The van der Waals surface area contributed by atoms with E-state index in [2.05, 4.69) is 4.98 Å². The van der Waals surface area contributed by atoms with Crippen molar-refractivity contribution < 1.29 is 19.1 Å². The van der Waals surface area contributed by atoms with Gasteiger partial charge in [0.1, 0.15) is 5.76 Å². The predicted octanol–water partition coefficient (Wildman–Crippen LogP) is 1.23. The van der Waals surface area contributed by atoms with Crippen LogP contribution in [0.1, 0.15) is 43.5 Å². The Labute approximate surface area is 155 Å². The van der Waals surface area contributed by atoms with Crippen LogP contribution in [0.15, 0.2) is 4.42 Å².